The summed E-state index contributed by atoms with van der Waals surface area (Å²) in [6.07, 6.45) is 12.8. The molecule has 0 bridgehead atoms. The summed E-state index contributed by atoms with van der Waals surface area (Å²) in [5.41, 5.74) is 9.71. The molecular weight excluding hydrogens is 362 g/mol. The predicted molar refractivity (Wildman–Crippen MR) is 117 cm³/mol. The first-order valence-electron chi connectivity index (χ1n) is 10.3. The average molecular weight is 394 g/mol. The average Bonchev–Trinajstić information content (AvgIpc) is 2.87. The number of ether oxygens (including phenoxy) is 1. The molecule has 2 aliphatic heterocycles. The zero-order valence-corrected chi connectivity index (χ0v) is 17.4. The number of unbranched alkanes of at least 4 members (excludes halogenated alkanes) is 1. The highest BCUT2D eigenvalue weighted by Gasteiger charge is 2.23. The number of amides is 1. The molecule has 0 atom stereocenters. The second-order valence-electron chi connectivity index (χ2n) is 7.48. The van der Waals surface area contributed by atoms with Gasteiger partial charge in [-0.2, -0.15) is 0 Å². The number of carbonyl (C=O) groups is 1. The molecule has 0 aromatic heterocycles. The first-order valence-corrected chi connectivity index (χ1v) is 10.3. The number of fused-ring (bicyclic) bond motifs is 1. The van der Waals surface area contributed by atoms with Crippen molar-refractivity contribution in [1.29, 1.82) is 0 Å². The van der Waals surface area contributed by atoms with Gasteiger partial charge in [-0.15, -0.1) is 0 Å². The molecule has 0 spiro atoms. The van der Waals surface area contributed by atoms with Gasteiger partial charge in [0.25, 0.3) is 5.91 Å². The Labute approximate surface area is 173 Å². The first-order chi connectivity index (χ1) is 14.1. The number of allylic oxidation sites excluding steroid dienone is 4. The molecule has 3 rings (SSSR count). The maximum absolute atomic E-state index is 12.9. The van der Waals surface area contributed by atoms with E-state index in [1.54, 1.807) is 6.26 Å². The second kappa shape index (κ2) is 10.1. The molecule has 1 aromatic carbocycles. The highest BCUT2D eigenvalue weighted by atomic mass is 16.5. The van der Waals surface area contributed by atoms with Crippen LogP contribution in [-0.4, -0.2) is 41.9 Å². The molecule has 5 nitrogen and oxygen atoms in total. The van der Waals surface area contributed by atoms with Gasteiger partial charge in [0.1, 0.15) is 12.0 Å². The fraction of sp³-hybridized carbons (Fsp3) is 0.375. The van der Waals surface area contributed by atoms with Crippen LogP contribution in [0.1, 0.15) is 43.5 Å². The summed E-state index contributed by atoms with van der Waals surface area (Å²) in [5.74, 6) is 0.632. The van der Waals surface area contributed by atoms with Crippen LogP contribution in [0.15, 0.2) is 71.8 Å². The summed E-state index contributed by atoms with van der Waals surface area (Å²) in [4.78, 5) is 17.2. The van der Waals surface area contributed by atoms with E-state index in [9.17, 15) is 4.79 Å². The third-order valence-electron chi connectivity index (χ3n) is 5.32. The number of hydrogen-bond donors (Lipinski definition) is 1. The highest BCUT2D eigenvalue weighted by molar-refractivity contribution is 5.98. The van der Waals surface area contributed by atoms with Gasteiger partial charge < -0.3 is 15.4 Å². The van der Waals surface area contributed by atoms with Gasteiger partial charge in [-0.25, -0.2) is 0 Å². The van der Waals surface area contributed by atoms with Gasteiger partial charge in [-0.1, -0.05) is 30.4 Å². The lowest BCUT2D eigenvalue weighted by molar-refractivity contribution is 0.0804. The minimum atomic E-state index is 0.0110. The summed E-state index contributed by atoms with van der Waals surface area (Å²) in [6.45, 7) is 7.56. The number of rotatable bonds is 7. The molecule has 0 unspecified atom stereocenters. The standard InChI is InChI=1S/C24H31N3O2/c1-3-4-12-22(25)20-10-9-15-26(17-20)14-7-8-16-27-19(2)18-29-23-13-6-5-11-21(23)24(27)28/h3-6,10-13,18H,7-9,14-17,25H2,1-2H3/b4-3-,22-12-. The molecule has 154 valence electrons. The SMILES string of the molecule is C/C=C\C=C(/N)C1=CCCN(CCCCN2C(=O)c3ccccc3OC=C2C)C1. The molecule has 2 N–H and O–H groups in total. The largest absolute Gasteiger partial charge is 0.462 e. The highest BCUT2D eigenvalue weighted by Crippen LogP contribution is 2.26. The maximum atomic E-state index is 12.9. The van der Waals surface area contributed by atoms with Crippen molar-refractivity contribution in [2.45, 2.75) is 33.1 Å². The number of nitrogens with zero attached hydrogens (tertiary/aromatic N) is 2. The van der Waals surface area contributed by atoms with Gasteiger partial charge in [0.15, 0.2) is 0 Å². The van der Waals surface area contributed by atoms with Crippen LogP contribution in [0.25, 0.3) is 0 Å². The van der Waals surface area contributed by atoms with Gasteiger partial charge >= 0.3 is 0 Å². The molecule has 5 heteroatoms. The van der Waals surface area contributed by atoms with Crippen molar-refractivity contribution >= 4 is 5.91 Å². The minimum Gasteiger partial charge on any atom is -0.462 e. The smallest absolute Gasteiger partial charge is 0.261 e. The minimum absolute atomic E-state index is 0.0110. The van der Waals surface area contributed by atoms with E-state index in [0.717, 1.165) is 50.3 Å². The Morgan fingerprint density at radius 2 is 2.03 bits per heavy atom. The van der Waals surface area contributed by atoms with Gasteiger partial charge in [0.2, 0.25) is 0 Å². The van der Waals surface area contributed by atoms with Crippen LogP contribution < -0.4 is 10.5 Å². The van der Waals surface area contributed by atoms with E-state index in [2.05, 4.69) is 11.0 Å². The van der Waals surface area contributed by atoms with Crippen LogP contribution in [0.3, 0.4) is 0 Å². The number of carbonyl (C=O) groups excluding carboxylic acids is 1. The number of nitrogens with two attached hydrogens (primary N) is 1. The van der Waals surface area contributed by atoms with Crippen molar-refractivity contribution in [2.24, 2.45) is 5.73 Å². The van der Waals surface area contributed by atoms with Gasteiger partial charge in [0, 0.05) is 25.3 Å². The van der Waals surface area contributed by atoms with Crippen molar-refractivity contribution in [1.82, 2.24) is 9.80 Å². The number of hydrogen-bond acceptors (Lipinski definition) is 4. The zero-order valence-electron chi connectivity index (χ0n) is 17.4. The van der Waals surface area contributed by atoms with Crippen molar-refractivity contribution in [3.05, 3.63) is 77.4 Å². The van der Waals surface area contributed by atoms with E-state index in [1.165, 1.54) is 5.57 Å². The van der Waals surface area contributed by atoms with Crippen LogP contribution in [0.5, 0.6) is 5.75 Å². The lowest BCUT2D eigenvalue weighted by atomic mass is 10.1. The Morgan fingerprint density at radius 3 is 2.86 bits per heavy atom. The van der Waals surface area contributed by atoms with E-state index < -0.39 is 0 Å². The molecule has 29 heavy (non-hydrogen) atoms. The quantitative estimate of drug-likeness (QED) is 0.557. The molecule has 1 aromatic rings. The fourth-order valence-corrected chi connectivity index (χ4v) is 3.66. The van der Waals surface area contributed by atoms with Gasteiger partial charge in [-0.05, 0) is 63.4 Å². The molecule has 0 radical (unpaired) electrons. The Balaban J connectivity index is 1.50. The lowest BCUT2D eigenvalue weighted by Gasteiger charge is -2.28. The maximum Gasteiger partial charge on any atom is 0.261 e. The number of para-hydroxylation sites is 1. The molecule has 0 fully saturated rings. The molecule has 2 heterocycles. The van der Waals surface area contributed by atoms with E-state index in [-0.39, 0.29) is 5.91 Å². The molecule has 1 amide bonds. The zero-order chi connectivity index (χ0) is 20.6. The molecule has 0 saturated heterocycles. The van der Waals surface area contributed by atoms with Gasteiger partial charge in [-0.3, -0.25) is 9.69 Å². The van der Waals surface area contributed by atoms with Crippen molar-refractivity contribution in [2.75, 3.05) is 26.2 Å². The van der Waals surface area contributed by atoms with Crippen LogP contribution in [0, 0.1) is 0 Å². The Morgan fingerprint density at radius 1 is 1.24 bits per heavy atom. The van der Waals surface area contributed by atoms with Crippen LogP contribution in [0.2, 0.25) is 0 Å². The fourth-order valence-electron chi connectivity index (χ4n) is 3.66. The summed E-state index contributed by atoms with van der Waals surface area (Å²) < 4.78 is 5.66. The van der Waals surface area contributed by atoms with Crippen molar-refractivity contribution in [3.8, 4) is 5.75 Å². The third kappa shape index (κ3) is 5.39. The number of benzene rings is 1. The van der Waals surface area contributed by atoms with Crippen LogP contribution in [0.4, 0.5) is 0 Å². The molecule has 2 aliphatic rings. The van der Waals surface area contributed by atoms with E-state index in [4.69, 9.17) is 10.5 Å². The normalized spacial score (nSPS) is 18.2. The Hall–Kier alpha value is -2.79. The first kappa shape index (κ1) is 20.9. The van der Waals surface area contributed by atoms with E-state index in [0.29, 0.717) is 17.9 Å². The Bertz CT molecular complexity index is 851. The van der Waals surface area contributed by atoms with E-state index >= 15 is 0 Å². The molecule has 0 saturated carbocycles. The Kier molecular flexibility index (Phi) is 7.30. The van der Waals surface area contributed by atoms with Crippen LogP contribution >= 0.6 is 0 Å². The van der Waals surface area contributed by atoms with Crippen LogP contribution in [-0.2, 0) is 0 Å². The van der Waals surface area contributed by atoms with Crippen molar-refractivity contribution in [3.63, 3.8) is 0 Å². The van der Waals surface area contributed by atoms with Crippen molar-refractivity contribution < 1.29 is 9.53 Å². The monoisotopic (exact) mass is 393 g/mol. The second-order valence-corrected chi connectivity index (χ2v) is 7.48. The lowest BCUT2D eigenvalue weighted by Crippen LogP contribution is -2.33. The van der Waals surface area contributed by atoms with E-state index in [1.807, 2.05) is 61.2 Å². The summed E-state index contributed by atoms with van der Waals surface area (Å²) in [6, 6.07) is 7.41. The summed E-state index contributed by atoms with van der Waals surface area (Å²) in [7, 11) is 0. The summed E-state index contributed by atoms with van der Waals surface area (Å²) >= 11 is 0. The molecule has 0 aliphatic carbocycles. The van der Waals surface area contributed by atoms with Gasteiger partial charge in [0.05, 0.1) is 11.3 Å². The predicted octanol–water partition coefficient (Wildman–Crippen LogP) is 4.21. The third-order valence-corrected chi connectivity index (χ3v) is 5.32. The molecular formula is C24H31N3O2. The summed E-state index contributed by atoms with van der Waals surface area (Å²) in [5, 5.41) is 0. The topological polar surface area (TPSA) is 58.8 Å².